The van der Waals surface area contributed by atoms with Crippen molar-refractivity contribution in [3.63, 3.8) is 0 Å². The summed E-state index contributed by atoms with van der Waals surface area (Å²) in [6.07, 6.45) is 0. The SMILES string of the molecule is COc1cccc(N(C)Cc2ccccc2C(=O)NN)c1. The predicted octanol–water partition coefficient (Wildman–Crippen LogP) is 1.94. The van der Waals surface area contributed by atoms with Gasteiger partial charge >= 0.3 is 0 Å². The Balaban J connectivity index is 2.23. The fraction of sp³-hybridized carbons (Fsp3) is 0.188. The van der Waals surface area contributed by atoms with E-state index >= 15 is 0 Å². The lowest BCUT2D eigenvalue weighted by atomic mass is 10.1. The van der Waals surface area contributed by atoms with Crippen molar-refractivity contribution in [2.24, 2.45) is 5.84 Å². The Labute approximate surface area is 124 Å². The zero-order valence-electron chi connectivity index (χ0n) is 12.2. The number of nitrogens with two attached hydrogens (primary N) is 1. The van der Waals surface area contributed by atoms with E-state index in [0.29, 0.717) is 12.1 Å². The van der Waals surface area contributed by atoms with Crippen LogP contribution in [0, 0.1) is 0 Å². The van der Waals surface area contributed by atoms with E-state index in [1.54, 1.807) is 13.2 Å². The summed E-state index contributed by atoms with van der Waals surface area (Å²) >= 11 is 0. The minimum absolute atomic E-state index is 0.287. The maximum absolute atomic E-state index is 11.8. The van der Waals surface area contributed by atoms with Crippen molar-refractivity contribution in [3.05, 3.63) is 59.7 Å². The van der Waals surface area contributed by atoms with Gasteiger partial charge in [-0.15, -0.1) is 0 Å². The van der Waals surface area contributed by atoms with Crippen LogP contribution in [0.3, 0.4) is 0 Å². The Bertz CT molecular complexity index is 628. The maximum atomic E-state index is 11.8. The summed E-state index contributed by atoms with van der Waals surface area (Å²) < 4.78 is 5.23. The molecule has 0 aliphatic carbocycles. The van der Waals surface area contributed by atoms with Crippen LogP contribution in [0.4, 0.5) is 5.69 Å². The quantitative estimate of drug-likeness (QED) is 0.500. The molecular formula is C16H19N3O2. The van der Waals surface area contributed by atoms with Gasteiger partial charge in [0.15, 0.2) is 0 Å². The van der Waals surface area contributed by atoms with Crippen LogP contribution < -0.4 is 20.9 Å². The summed E-state index contributed by atoms with van der Waals surface area (Å²) in [6.45, 7) is 0.594. The minimum Gasteiger partial charge on any atom is -0.497 e. The number of ether oxygens (including phenoxy) is 1. The van der Waals surface area contributed by atoms with Gasteiger partial charge in [-0.3, -0.25) is 10.2 Å². The Morgan fingerprint density at radius 3 is 2.71 bits per heavy atom. The van der Waals surface area contributed by atoms with E-state index in [2.05, 4.69) is 5.43 Å². The largest absolute Gasteiger partial charge is 0.497 e. The van der Waals surface area contributed by atoms with Gasteiger partial charge in [0.05, 0.1) is 7.11 Å². The van der Waals surface area contributed by atoms with E-state index in [4.69, 9.17) is 10.6 Å². The van der Waals surface area contributed by atoms with Crippen LogP contribution in [-0.4, -0.2) is 20.1 Å². The third-order valence-corrected chi connectivity index (χ3v) is 3.29. The summed E-state index contributed by atoms with van der Waals surface area (Å²) in [6, 6.07) is 15.2. The van der Waals surface area contributed by atoms with Crippen molar-refractivity contribution in [1.29, 1.82) is 0 Å². The highest BCUT2D eigenvalue weighted by atomic mass is 16.5. The first-order valence-corrected chi connectivity index (χ1v) is 6.59. The van der Waals surface area contributed by atoms with Gasteiger partial charge in [-0.1, -0.05) is 24.3 Å². The lowest BCUT2D eigenvalue weighted by Gasteiger charge is -2.21. The Morgan fingerprint density at radius 1 is 1.24 bits per heavy atom. The number of rotatable bonds is 5. The highest BCUT2D eigenvalue weighted by molar-refractivity contribution is 5.95. The number of carbonyl (C=O) groups excluding carboxylic acids is 1. The van der Waals surface area contributed by atoms with Gasteiger partial charge in [0.2, 0.25) is 0 Å². The molecule has 1 amide bonds. The highest BCUT2D eigenvalue weighted by Crippen LogP contribution is 2.22. The molecule has 0 spiro atoms. The van der Waals surface area contributed by atoms with E-state index < -0.39 is 0 Å². The average molecular weight is 285 g/mol. The zero-order chi connectivity index (χ0) is 15.2. The molecule has 0 unspecified atom stereocenters. The molecule has 2 aromatic carbocycles. The summed E-state index contributed by atoms with van der Waals surface area (Å²) in [5.74, 6) is 5.73. The first kappa shape index (κ1) is 14.9. The van der Waals surface area contributed by atoms with Gasteiger partial charge in [-0.2, -0.15) is 0 Å². The number of nitrogens with one attached hydrogen (secondary N) is 1. The normalized spacial score (nSPS) is 10.0. The second-order valence-corrected chi connectivity index (χ2v) is 4.69. The average Bonchev–Trinajstić information content (AvgIpc) is 2.54. The second-order valence-electron chi connectivity index (χ2n) is 4.69. The molecule has 0 heterocycles. The molecular weight excluding hydrogens is 266 g/mol. The molecule has 110 valence electrons. The summed E-state index contributed by atoms with van der Waals surface area (Å²) in [5, 5.41) is 0. The van der Waals surface area contributed by atoms with E-state index in [-0.39, 0.29) is 5.91 Å². The lowest BCUT2D eigenvalue weighted by Crippen LogP contribution is -2.31. The lowest BCUT2D eigenvalue weighted by molar-refractivity contribution is 0.0952. The van der Waals surface area contributed by atoms with E-state index in [1.807, 2.05) is 54.4 Å². The molecule has 2 rings (SSSR count). The third kappa shape index (κ3) is 3.52. The molecule has 0 radical (unpaired) electrons. The second kappa shape index (κ2) is 6.76. The summed E-state index contributed by atoms with van der Waals surface area (Å²) in [5.41, 5.74) is 4.67. The van der Waals surface area contributed by atoms with Crippen LogP contribution >= 0.6 is 0 Å². The van der Waals surface area contributed by atoms with Gasteiger partial charge in [0.25, 0.3) is 5.91 Å². The first-order valence-electron chi connectivity index (χ1n) is 6.59. The Kier molecular flexibility index (Phi) is 4.79. The number of carbonyl (C=O) groups is 1. The molecule has 5 heteroatoms. The van der Waals surface area contributed by atoms with Gasteiger partial charge in [-0.25, -0.2) is 5.84 Å². The van der Waals surface area contributed by atoms with Crippen LogP contribution in [0.5, 0.6) is 5.75 Å². The number of hydrazine groups is 1. The molecule has 0 bridgehead atoms. The first-order chi connectivity index (χ1) is 10.2. The minimum atomic E-state index is -0.287. The molecule has 0 atom stereocenters. The Morgan fingerprint density at radius 2 is 2.00 bits per heavy atom. The van der Waals surface area contributed by atoms with Gasteiger partial charge in [-0.05, 0) is 23.8 Å². The molecule has 0 saturated carbocycles. The van der Waals surface area contributed by atoms with Crippen molar-refractivity contribution in [1.82, 2.24) is 5.43 Å². The van der Waals surface area contributed by atoms with Gasteiger partial charge in [0.1, 0.15) is 5.75 Å². The van der Waals surface area contributed by atoms with Crippen molar-refractivity contribution in [2.45, 2.75) is 6.54 Å². The smallest absolute Gasteiger partial charge is 0.265 e. The van der Waals surface area contributed by atoms with Crippen LogP contribution in [-0.2, 0) is 6.54 Å². The number of benzene rings is 2. The standard InChI is InChI=1S/C16H19N3O2/c1-19(13-7-5-8-14(10-13)21-2)11-12-6-3-4-9-15(12)16(20)18-17/h3-10H,11,17H2,1-2H3,(H,18,20). The number of nitrogens with zero attached hydrogens (tertiary/aromatic N) is 1. The van der Waals surface area contributed by atoms with E-state index in [1.165, 1.54) is 0 Å². The third-order valence-electron chi connectivity index (χ3n) is 3.29. The fourth-order valence-electron chi connectivity index (χ4n) is 2.15. The van der Waals surface area contributed by atoms with Crippen LogP contribution in [0.15, 0.2) is 48.5 Å². The zero-order valence-corrected chi connectivity index (χ0v) is 12.2. The number of hydrogen-bond donors (Lipinski definition) is 2. The monoisotopic (exact) mass is 285 g/mol. The number of nitrogen functional groups attached to an aromatic ring is 1. The van der Waals surface area contributed by atoms with Crippen LogP contribution in [0.25, 0.3) is 0 Å². The van der Waals surface area contributed by atoms with Crippen molar-refractivity contribution < 1.29 is 9.53 Å². The predicted molar refractivity (Wildman–Crippen MR) is 83.2 cm³/mol. The molecule has 0 aromatic heterocycles. The number of methoxy groups -OCH3 is 1. The molecule has 2 aromatic rings. The van der Waals surface area contributed by atoms with E-state index in [9.17, 15) is 4.79 Å². The number of amides is 1. The van der Waals surface area contributed by atoms with Crippen molar-refractivity contribution in [2.75, 3.05) is 19.1 Å². The van der Waals surface area contributed by atoms with Gasteiger partial charge < -0.3 is 9.64 Å². The van der Waals surface area contributed by atoms with E-state index in [0.717, 1.165) is 17.0 Å². The molecule has 21 heavy (non-hydrogen) atoms. The molecule has 0 aliphatic heterocycles. The topological polar surface area (TPSA) is 67.6 Å². The van der Waals surface area contributed by atoms with Gasteiger partial charge in [0, 0.05) is 30.9 Å². The summed E-state index contributed by atoms with van der Waals surface area (Å²) in [7, 11) is 3.60. The van der Waals surface area contributed by atoms with Crippen LogP contribution in [0.2, 0.25) is 0 Å². The summed E-state index contributed by atoms with van der Waals surface area (Å²) in [4.78, 5) is 13.8. The van der Waals surface area contributed by atoms with Crippen molar-refractivity contribution in [3.8, 4) is 5.75 Å². The molecule has 0 fully saturated rings. The number of anilines is 1. The molecule has 0 aliphatic rings. The maximum Gasteiger partial charge on any atom is 0.265 e. The fourth-order valence-corrected chi connectivity index (χ4v) is 2.15. The van der Waals surface area contributed by atoms with Crippen molar-refractivity contribution >= 4 is 11.6 Å². The Hall–Kier alpha value is -2.53. The molecule has 0 saturated heterocycles. The molecule has 5 nitrogen and oxygen atoms in total. The number of hydrogen-bond acceptors (Lipinski definition) is 4. The highest BCUT2D eigenvalue weighted by Gasteiger charge is 2.11. The van der Waals surface area contributed by atoms with Crippen LogP contribution in [0.1, 0.15) is 15.9 Å². The molecule has 3 N–H and O–H groups in total.